The van der Waals surface area contributed by atoms with E-state index in [0.717, 1.165) is 43.3 Å². The molecule has 0 aliphatic carbocycles. The van der Waals surface area contributed by atoms with Crippen molar-refractivity contribution in [3.8, 4) is 5.75 Å². The van der Waals surface area contributed by atoms with E-state index >= 15 is 0 Å². The van der Waals surface area contributed by atoms with E-state index < -0.39 is 22.1 Å². The van der Waals surface area contributed by atoms with Gasteiger partial charge in [-0.1, -0.05) is 55.3 Å². The van der Waals surface area contributed by atoms with E-state index in [-0.39, 0.29) is 23.0 Å². The summed E-state index contributed by atoms with van der Waals surface area (Å²) < 4.78 is 29.5. The number of urea groups is 1. The lowest BCUT2D eigenvalue weighted by molar-refractivity contribution is -0.152. The zero-order valence-electron chi connectivity index (χ0n) is 17.6. The molecular formula is C23H28N2O5S. The monoisotopic (exact) mass is 444 g/mol. The molecular weight excluding hydrogens is 416 g/mol. The van der Waals surface area contributed by atoms with Crippen molar-refractivity contribution in [2.75, 3.05) is 12.8 Å². The second-order valence-electron chi connectivity index (χ2n) is 7.64. The number of nitrogens with one attached hydrogen (secondary N) is 1. The Morgan fingerprint density at radius 2 is 1.71 bits per heavy atom. The molecule has 0 spiro atoms. The maximum Gasteiger partial charge on any atom is 0.327 e. The Morgan fingerprint density at radius 3 is 2.42 bits per heavy atom. The molecule has 3 rings (SSSR count). The molecule has 1 aliphatic rings. The number of likely N-dealkylation sites (tertiary alicyclic amines) is 1. The van der Waals surface area contributed by atoms with Gasteiger partial charge in [-0.2, -0.15) is 0 Å². The molecule has 1 aliphatic heterocycles. The first-order valence-electron chi connectivity index (χ1n) is 10.5. The summed E-state index contributed by atoms with van der Waals surface area (Å²) in [5, 5.41) is 2.75. The molecule has 7 nitrogen and oxygen atoms in total. The van der Waals surface area contributed by atoms with E-state index in [1.165, 1.54) is 17.7 Å². The highest BCUT2D eigenvalue weighted by atomic mass is 32.2. The van der Waals surface area contributed by atoms with Gasteiger partial charge in [-0.15, -0.1) is 0 Å². The number of hydrogen-bond acceptors (Lipinski definition) is 5. The summed E-state index contributed by atoms with van der Waals surface area (Å²) in [4.78, 5) is 25.4. The fourth-order valence-corrected chi connectivity index (χ4v) is 4.27. The predicted octanol–water partition coefficient (Wildman–Crippen LogP) is 3.54. The third-order valence-corrected chi connectivity index (χ3v) is 6.28. The molecule has 1 fully saturated rings. The number of carbonyl (C=O) groups excluding carboxylic acids is 2. The van der Waals surface area contributed by atoms with Gasteiger partial charge in [0.25, 0.3) is 0 Å². The topological polar surface area (TPSA) is 92.8 Å². The SMILES string of the molecule is CS(=O)(=O)c1ccccc1OC1CC(=O)N1C(=O)NCCCCCCc1ccccc1. The van der Waals surface area contributed by atoms with Crippen LogP contribution in [0.15, 0.2) is 59.5 Å². The largest absolute Gasteiger partial charge is 0.468 e. The Hall–Kier alpha value is -2.87. The van der Waals surface area contributed by atoms with Crippen molar-refractivity contribution in [2.24, 2.45) is 0 Å². The van der Waals surface area contributed by atoms with Crippen LogP contribution in [0.25, 0.3) is 0 Å². The van der Waals surface area contributed by atoms with E-state index in [0.29, 0.717) is 6.54 Å². The molecule has 1 saturated heterocycles. The lowest BCUT2D eigenvalue weighted by Crippen LogP contribution is -2.61. The number of carbonyl (C=O) groups is 2. The third-order valence-electron chi connectivity index (χ3n) is 5.15. The van der Waals surface area contributed by atoms with Crippen molar-refractivity contribution in [2.45, 2.75) is 49.6 Å². The van der Waals surface area contributed by atoms with Crippen LogP contribution in [0.5, 0.6) is 5.75 Å². The van der Waals surface area contributed by atoms with Gasteiger partial charge in [-0.3, -0.25) is 4.79 Å². The van der Waals surface area contributed by atoms with Crippen molar-refractivity contribution >= 4 is 21.8 Å². The number of aryl methyl sites for hydroxylation is 1. The zero-order chi connectivity index (χ0) is 22.3. The number of imide groups is 1. The molecule has 3 amide bonds. The van der Waals surface area contributed by atoms with E-state index in [2.05, 4.69) is 17.4 Å². The number of sulfone groups is 1. The number of amides is 3. The molecule has 1 heterocycles. The van der Waals surface area contributed by atoms with Crippen LogP contribution < -0.4 is 10.1 Å². The molecule has 166 valence electrons. The summed E-state index contributed by atoms with van der Waals surface area (Å²) in [5.74, 6) is -0.207. The Balaban J connectivity index is 1.40. The van der Waals surface area contributed by atoms with Crippen LogP contribution >= 0.6 is 0 Å². The fourth-order valence-electron chi connectivity index (χ4n) is 3.46. The van der Waals surface area contributed by atoms with Crippen molar-refractivity contribution in [1.82, 2.24) is 10.2 Å². The smallest absolute Gasteiger partial charge is 0.327 e. The number of rotatable bonds is 10. The van der Waals surface area contributed by atoms with Gasteiger partial charge in [0.15, 0.2) is 16.1 Å². The summed E-state index contributed by atoms with van der Waals surface area (Å²) in [6, 6.07) is 16.0. The highest BCUT2D eigenvalue weighted by Crippen LogP contribution is 2.29. The van der Waals surface area contributed by atoms with Gasteiger partial charge in [0.2, 0.25) is 5.91 Å². The van der Waals surface area contributed by atoms with Crippen LogP contribution in [0.4, 0.5) is 4.79 Å². The summed E-state index contributed by atoms with van der Waals surface area (Å²) in [6.45, 7) is 0.473. The molecule has 1 unspecified atom stereocenters. The second-order valence-corrected chi connectivity index (χ2v) is 9.63. The van der Waals surface area contributed by atoms with Crippen molar-refractivity contribution in [1.29, 1.82) is 0 Å². The lowest BCUT2D eigenvalue weighted by atomic mass is 10.1. The molecule has 1 N–H and O–H groups in total. The molecule has 2 aromatic carbocycles. The highest BCUT2D eigenvalue weighted by Gasteiger charge is 2.43. The summed E-state index contributed by atoms with van der Waals surface area (Å²) in [6.07, 6.45) is 5.34. The van der Waals surface area contributed by atoms with Crippen LogP contribution in [0.2, 0.25) is 0 Å². The second kappa shape index (κ2) is 10.4. The Bertz CT molecular complexity index is 1010. The first-order valence-corrected chi connectivity index (χ1v) is 12.3. The zero-order valence-corrected chi connectivity index (χ0v) is 18.4. The van der Waals surface area contributed by atoms with Gasteiger partial charge < -0.3 is 10.1 Å². The van der Waals surface area contributed by atoms with Gasteiger partial charge in [-0.05, 0) is 37.0 Å². The lowest BCUT2D eigenvalue weighted by Gasteiger charge is -2.38. The molecule has 31 heavy (non-hydrogen) atoms. The van der Waals surface area contributed by atoms with Crippen LogP contribution in [0.3, 0.4) is 0 Å². The minimum Gasteiger partial charge on any atom is -0.468 e. The minimum atomic E-state index is -3.49. The standard InChI is InChI=1S/C23H28N2O5S/c1-31(28,29)20-15-9-8-14-19(20)30-22-17-21(26)25(22)23(27)24-16-10-3-2-5-11-18-12-6-4-7-13-18/h4,6-9,12-15,22H,2-3,5,10-11,16-17H2,1H3,(H,24,27). The normalized spacial score (nSPS) is 16.0. The van der Waals surface area contributed by atoms with Gasteiger partial charge in [0, 0.05) is 12.8 Å². The number of hydrogen-bond donors (Lipinski definition) is 1. The molecule has 0 aromatic heterocycles. The Morgan fingerprint density at radius 1 is 1.03 bits per heavy atom. The number of para-hydroxylation sites is 1. The number of ether oxygens (including phenoxy) is 1. The number of benzene rings is 2. The van der Waals surface area contributed by atoms with E-state index in [1.807, 2.05) is 18.2 Å². The van der Waals surface area contributed by atoms with E-state index in [9.17, 15) is 18.0 Å². The summed E-state index contributed by atoms with van der Waals surface area (Å²) in [7, 11) is -3.49. The van der Waals surface area contributed by atoms with Gasteiger partial charge >= 0.3 is 6.03 Å². The maximum absolute atomic E-state index is 12.4. The highest BCUT2D eigenvalue weighted by molar-refractivity contribution is 7.90. The average molecular weight is 445 g/mol. The molecule has 0 saturated carbocycles. The summed E-state index contributed by atoms with van der Waals surface area (Å²) >= 11 is 0. The van der Waals surface area contributed by atoms with E-state index in [1.54, 1.807) is 12.1 Å². The van der Waals surface area contributed by atoms with Crippen molar-refractivity contribution in [3.63, 3.8) is 0 Å². The van der Waals surface area contributed by atoms with Gasteiger partial charge in [-0.25, -0.2) is 18.1 Å². The van der Waals surface area contributed by atoms with Crippen LogP contribution in [0.1, 0.15) is 37.7 Å². The Kier molecular flexibility index (Phi) is 7.68. The molecule has 2 aromatic rings. The first kappa shape index (κ1) is 22.8. The number of β-lactam (4-membered cyclic amide) rings is 1. The third kappa shape index (κ3) is 6.30. The van der Waals surface area contributed by atoms with Crippen LogP contribution in [-0.4, -0.2) is 44.3 Å². The van der Waals surface area contributed by atoms with Crippen molar-refractivity contribution < 1.29 is 22.7 Å². The van der Waals surface area contributed by atoms with Gasteiger partial charge in [0.1, 0.15) is 10.6 Å². The van der Waals surface area contributed by atoms with Crippen molar-refractivity contribution in [3.05, 3.63) is 60.2 Å². The molecule has 0 radical (unpaired) electrons. The fraction of sp³-hybridized carbons (Fsp3) is 0.391. The van der Waals surface area contributed by atoms with Crippen LogP contribution in [0, 0.1) is 0 Å². The quantitative estimate of drug-likeness (QED) is 0.447. The predicted molar refractivity (Wildman–Crippen MR) is 117 cm³/mol. The van der Waals surface area contributed by atoms with Gasteiger partial charge in [0.05, 0.1) is 6.42 Å². The molecule has 8 heteroatoms. The summed E-state index contributed by atoms with van der Waals surface area (Å²) in [5.41, 5.74) is 1.33. The Labute approximate surface area is 183 Å². The first-order chi connectivity index (χ1) is 14.9. The number of unbranched alkanes of at least 4 members (excludes halogenated alkanes) is 3. The van der Waals surface area contributed by atoms with Crippen LogP contribution in [-0.2, 0) is 21.1 Å². The van der Waals surface area contributed by atoms with E-state index in [4.69, 9.17) is 4.74 Å². The average Bonchev–Trinajstić information content (AvgIpc) is 2.73. The molecule has 1 atom stereocenters. The number of nitrogens with zero attached hydrogens (tertiary/aromatic N) is 1. The minimum absolute atomic E-state index is 0.0326. The molecule has 0 bridgehead atoms. The maximum atomic E-state index is 12.4.